The molecule has 2 heterocycles. The number of aliphatic hydroxyl groups is 1. The second kappa shape index (κ2) is 4.13. The topological polar surface area (TPSA) is 60.9 Å². The maximum absolute atomic E-state index is 10.1. The van der Waals surface area contributed by atoms with Gasteiger partial charge in [-0.2, -0.15) is 5.10 Å². The highest BCUT2D eigenvalue weighted by Crippen LogP contribution is 2.30. The van der Waals surface area contributed by atoms with Gasteiger partial charge in [-0.3, -0.25) is 5.10 Å². The van der Waals surface area contributed by atoms with Crippen LogP contribution in [-0.2, 0) is 0 Å². The highest BCUT2D eigenvalue weighted by Gasteiger charge is 2.25. The molecule has 1 aliphatic rings. The lowest BCUT2D eigenvalue weighted by Crippen LogP contribution is -2.39. The van der Waals surface area contributed by atoms with Gasteiger partial charge in [-0.25, -0.2) is 0 Å². The van der Waals surface area contributed by atoms with E-state index in [2.05, 4.69) is 34.6 Å². The average molecular weight is 231 g/mol. The standard InChI is InChI=1S/C13H17N3O/c1-8-4-9-6-15-16-12(9)5-11(8)10-2-3-14-7-13(10)17/h4-6,10,13-14,17H,2-3,7H2,1H3,(H,15,16)/t10-,13+/m1/s1. The molecule has 3 rings (SSSR count). The molecule has 0 bridgehead atoms. The van der Waals surface area contributed by atoms with Crippen molar-refractivity contribution in [3.63, 3.8) is 0 Å². The highest BCUT2D eigenvalue weighted by molar-refractivity contribution is 5.79. The average Bonchev–Trinajstić information content (AvgIpc) is 2.76. The van der Waals surface area contributed by atoms with Gasteiger partial charge in [0, 0.05) is 17.8 Å². The van der Waals surface area contributed by atoms with E-state index in [0.717, 1.165) is 23.9 Å². The van der Waals surface area contributed by atoms with Crippen LogP contribution in [0.1, 0.15) is 23.5 Å². The molecular weight excluding hydrogens is 214 g/mol. The van der Waals surface area contributed by atoms with Crippen LogP contribution in [0.15, 0.2) is 18.3 Å². The molecule has 0 radical (unpaired) electrons. The van der Waals surface area contributed by atoms with E-state index >= 15 is 0 Å². The molecule has 3 N–H and O–H groups in total. The summed E-state index contributed by atoms with van der Waals surface area (Å²) >= 11 is 0. The largest absolute Gasteiger partial charge is 0.391 e. The van der Waals surface area contributed by atoms with E-state index in [0.29, 0.717) is 6.54 Å². The van der Waals surface area contributed by atoms with Crippen LogP contribution in [0.3, 0.4) is 0 Å². The molecule has 17 heavy (non-hydrogen) atoms. The summed E-state index contributed by atoms with van der Waals surface area (Å²) in [5, 5.41) is 21.5. The normalized spacial score (nSPS) is 25.3. The fourth-order valence-electron chi connectivity index (χ4n) is 2.73. The number of piperidine rings is 1. The van der Waals surface area contributed by atoms with Crippen LogP contribution in [-0.4, -0.2) is 34.5 Å². The molecule has 0 aliphatic carbocycles. The highest BCUT2D eigenvalue weighted by atomic mass is 16.3. The van der Waals surface area contributed by atoms with Crippen molar-refractivity contribution in [3.8, 4) is 0 Å². The van der Waals surface area contributed by atoms with Crippen LogP contribution in [0, 0.1) is 6.92 Å². The van der Waals surface area contributed by atoms with Crippen LogP contribution in [0.25, 0.3) is 10.9 Å². The number of hydrogen-bond acceptors (Lipinski definition) is 3. The number of H-pyrrole nitrogens is 1. The molecule has 0 unspecified atom stereocenters. The zero-order valence-corrected chi connectivity index (χ0v) is 9.90. The van der Waals surface area contributed by atoms with E-state index in [1.54, 1.807) is 0 Å². The van der Waals surface area contributed by atoms with E-state index in [-0.39, 0.29) is 12.0 Å². The molecule has 0 amide bonds. The second-order valence-corrected chi connectivity index (χ2v) is 4.83. The molecule has 1 saturated heterocycles. The van der Waals surface area contributed by atoms with Crippen LogP contribution in [0.4, 0.5) is 0 Å². The monoisotopic (exact) mass is 231 g/mol. The summed E-state index contributed by atoms with van der Waals surface area (Å²) in [6.45, 7) is 3.77. The third-order valence-corrected chi connectivity index (χ3v) is 3.68. The Hall–Kier alpha value is -1.39. The van der Waals surface area contributed by atoms with E-state index in [4.69, 9.17) is 0 Å². The van der Waals surface area contributed by atoms with Gasteiger partial charge in [0.2, 0.25) is 0 Å². The fraction of sp³-hybridized carbons (Fsp3) is 0.462. The van der Waals surface area contributed by atoms with Gasteiger partial charge in [0.25, 0.3) is 0 Å². The quantitative estimate of drug-likeness (QED) is 0.693. The number of aromatic amines is 1. The minimum Gasteiger partial charge on any atom is -0.391 e. The zero-order chi connectivity index (χ0) is 11.8. The van der Waals surface area contributed by atoms with Gasteiger partial charge >= 0.3 is 0 Å². The maximum atomic E-state index is 10.1. The van der Waals surface area contributed by atoms with Crippen LogP contribution in [0.2, 0.25) is 0 Å². The number of rotatable bonds is 1. The van der Waals surface area contributed by atoms with Gasteiger partial charge in [0.05, 0.1) is 17.8 Å². The second-order valence-electron chi connectivity index (χ2n) is 4.83. The van der Waals surface area contributed by atoms with Crippen LogP contribution < -0.4 is 5.32 Å². The number of nitrogens with zero attached hydrogens (tertiary/aromatic N) is 1. The summed E-state index contributed by atoms with van der Waals surface area (Å²) in [5.74, 6) is 0.240. The van der Waals surface area contributed by atoms with Crippen molar-refractivity contribution in [2.75, 3.05) is 13.1 Å². The zero-order valence-electron chi connectivity index (χ0n) is 9.90. The third kappa shape index (κ3) is 1.83. The van der Waals surface area contributed by atoms with Gasteiger partial charge in [-0.05, 0) is 43.1 Å². The minimum atomic E-state index is -0.289. The Balaban J connectivity index is 2.05. The van der Waals surface area contributed by atoms with Crippen molar-refractivity contribution in [1.29, 1.82) is 0 Å². The van der Waals surface area contributed by atoms with Gasteiger partial charge in [-0.15, -0.1) is 0 Å². The molecule has 2 atom stereocenters. The number of β-amino-alcohol motifs (C(OH)–C–C–N with tert-alkyl or cyclic N) is 1. The molecule has 4 heteroatoms. The van der Waals surface area contributed by atoms with E-state index in [1.165, 1.54) is 11.1 Å². The molecule has 1 aromatic heterocycles. The first-order chi connectivity index (χ1) is 8.25. The molecule has 1 aromatic carbocycles. The number of fused-ring (bicyclic) bond motifs is 1. The predicted molar refractivity (Wildman–Crippen MR) is 67.1 cm³/mol. The Morgan fingerprint density at radius 2 is 2.29 bits per heavy atom. The molecule has 1 aliphatic heterocycles. The minimum absolute atomic E-state index is 0.240. The van der Waals surface area contributed by atoms with Crippen LogP contribution >= 0.6 is 0 Å². The van der Waals surface area contributed by atoms with E-state index in [1.807, 2.05) is 6.20 Å². The van der Waals surface area contributed by atoms with Crippen molar-refractivity contribution in [3.05, 3.63) is 29.5 Å². The van der Waals surface area contributed by atoms with Gasteiger partial charge < -0.3 is 10.4 Å². The lowest BCUT2D eigenvalue weighted by Gasteiger charge is -2.29. The molecule has 4 nitrogen and oxygen atoms in total. The molecule has 2 aromatic rings. The van der Waals surface area contributed by atoms with Crippen molar-refractivity contribution < 1.29 is 5.11 Å². The van der Waals surface area contributed by atoms with E-state index in [9.17, 15) is 5.11 Å². The first kappa shape index (κ1) is 10.7. The van der Waals surface area contributed by atoms with Gasteiger partial charge in [-0.1, -0.05) is 0 Å². The number of hydrogen-bond donors (Lipinski definition) is 3. The van der Waals surface area contributed by atoms with E-state index < -0.39 is 0 Å². The molecular formula is C13H17N3O. The number of nitrogens with one attached hydrogen (secondary N) is 2. The summed E-state index contributed by atoms with van der Waals surface area (Å²) in [6, 6.07) is 4.28. The summed E-state index contributed by atoms with van der Waals surface area (Å²) < 4.78 is 0. The SMILES string of the molecule is Cc1cc2cn[nH]c2cc1[C@H]1CCNC[C@@H]1O. The Bertz CT molecular complexity index is 534. The summed E-state index contributed by atoms with van der Waals surface area (Å²) in [6.07, 6.45) is 2.54. The summed E-state index contributed by atoms with van der Waals surface area (Å²) in [4.78, 5) is 0. The molecule has 0 saturated carbocycles. The van der Waals surface area contributed by atoms with Crippen molar-refractivity contribution in [2.45, 2.75) is 25.4 Å². The number of benzene rings is 1. The fourth-order valence-corrected chi connectivity index (χ4v) is 2.73. The Morgan fingerprint density at radius 3 is 3.12 bits per heavy atom. The lowest BCUT2D eigenvalue weighted by molar-refractivity contribution is 0.118. The van der Waals surface area contributed by atoms with Crippen molar-refractivity contribution in [2.24, 2.45) is 0 Å². The Labute approximate surface area is 100 Å². The molecule has 90 valence electrons. The molecule has 0 spiro atoms. The first-order valence-corrected chi connectivity index (χ1v) is 6.08. The van der Waals surface area contributed by atoms with Gasteiger partial charge in [0.1, 0.15) is 0 Å². The van der Waals surface area contributed by atoms with Crippen molar-refractivity contribution in [1.82, 2.24) is 15.5 Å². The number of aliphatic hydroxyl groups excluding tert-OH is 1. The van der Waals surface area contributed by atoms with Crippen molar-refractivity contribution >= 4 is 10.9 Å². The number of aryl methyl sites for hydroxylation is 1. The predicted octanol–water partition coefficient (Wildman–Crippen LogP) is 1.31. The summed E-state index contributed by atoms with van der Waals surface area (Å²) in [5.41, 5.74) is 3.54. The first-order valence-electron chi connectivity index (χ1n) is 6.08. The Morgan fingerprint density at radius 1 is 1.41 bits per heavy atom. The Kier molecular flexibility index (Phi) is 2.61. The summed E-state index contributed by atoms with van der Waals surface area (Å²) in [7, 11) is 0. The maximum Gasteiger partial charge on any atom is 0.0733 e. The van der Waals surface area contributed by atoms with Gasteiger partial charge in [0.15, 0.2) is 0 Å². The third-order valence-electron chi connectivity index (χ3n) is 3.68. The lowest BCUT2D eigenvalue weighted by atomic mass is 9.85. The smallest absolute Gasteiger partial charge is 0.0733 e. The van der Waals surface area contributed by atoms with Crippen LogP contribution in [0.5, 0.6) is 0 Å². The molecule has 1 fully saturated rings. The number of aromatic nitrogens is 2.